The molecule has 0 aliphatic carbocycles. The number of pyridine rings is 3. The summed E-state index contributed by atoms with van der Waals surface area (Å²) in [4.78, 5) is 20.1. The summed E-state index contributed by atoms with van der Waals surface area (Å²) in [5, 5.41) is 42.5. The third kappa shape index (κ3) is 14.1. The number of rotatable bonds is 12. The second-order valence-electron chi connectivity index (χ2n) is 35.0. The summed E-state index contributed by atoms with van der Waals surface area (Å²) in [7, 11) is 0. The van der Waals surface area contributed by atoms with Crippen molar-refractivity contribution >= 4 is 137 Å². The Labute approximate surface area is 804 Å². The first-order chi connectivity index (χ1) is 69.2. The Kier molecular flexibility index (Phi) is 20.1. The van der Waals surface area contributed by atoms with Crippen LogP contribution in [0.25, 0.3) is 237 Å². The van der Waals surface area contributed by atoms with Crippen molar-refractivity contribution in [3.05, 3.63) is 495 Å². The normalized spacial score (nSPS) is 11.4. The van der Waals surface area contributed by atoms with Crippen molar-refractivity contribution in [2.45, 2.75) is 0 Å². The SMILES string of the molecule is N#Cc1ccc(-c2cccc(-c3cc(-n4c5ccccc5c5ccccc54)nc(-n4c5ccccc5c5ccccc54)c3)c2)cc1.N#Cc1cccc(-c2cccc(-c3cc(-n4c5ccccc5c5ccccc54)nc(-n4c5ccccc5c5ccccc54)c3)c2)c1.[C-]#[N+]c1ccccc1-c1cccc(-c2cc(-n3c4ccccc4c4ccccc43)nc(-n3c4ccccc4c4cc(C#N)ccc43)c2)c1. The van der Waals surface area contributed by atoms with E-state index >= 15 is 0 Å². The Balaban J connectivity index is 0.000000111. The van der Waals surface area contributed by atoms with E-state index in [1.807, 2.05) is 97.1 Å². The molecule has 13 heteroatoms. The topological polar surface area (TPSA) is 144 Å². The van der Waals surface area contributed by atoms with Gasteiger partial charge in [0.05, 0.1) is 108 Å². The Hall–Kier alpha value is -19.8. The van der Waals surface area contributed by atoms with Crippen molar-refractivity contribution < 1.29 is 0 Å². The van der Waals surface area contributed by atoms with Crippen LogP contribution in [0.2, 0.25) is 0 Å². The molecule has 0 saturated heterocycles. The van der Waals surface area contributed by atoms with Crippen molar-refractivity contribution in [2.75, 3.05) is 0 Å². The highest BCUT2D eigenvalue weighted by atomic mass is 15.2. The molecule has 27 rings (SSSR count). The van der Waals surface area contributed by atoms with Gasteiger partial charge in [0.15, 0.2) is 5.69 Å². The second-order valence-corrected chi connectivity index (χ2v) is 35.0. The molecule has 27 aromatic rings. The van der Waals surface area contributed by atoms with E-state index in [4.69, 9.17) is 21.5 Å². The Morgan fingerprint density at radius 3 is 0.693 bits per heavy atom. The highest BCUT2D eigenvalue weighted by Crippen LogP contribution is 2.45. The molecule has 0 fully saturated rings. The Bertz CT molecular complexity index is 9400. The lowest BCUT2D eigenvalue weighted by Crippen LogP contribution is -2.04. The molecule has 0 bridgehead atoms. The van der Waals surface area contributed by atoms with Gasteiger partial charge in [-0.3, -0.25) is 27.4 Å². The summed E-state index contributed by atoms with van der Waals surface area (Å²) in [6.07, 6.45) is 0. The van der Waals surface area contributed by atoms with E-state index in [0.717, 1.165) is 179 Å². The summed E-state index contributed by atoms with van der Waals surface area (Å²) >= 11 is 0. The summed E-state index contributed by atoms with van der Waals surface area (Å²) in [5.41, 5.74) is 28.1. The smallest absolute Gasteiger partial charge is 0.194 e. The molecule has 0 N–H and O–H groups in total. The first-order valence-corrected chi connectivity index (χ1v) is 46.5. The van der Waals surface area contributed by atoms with Crippen molar-refractivity contribution in [3.8, 4) is 120 Å². The third-order valence-corrected chi connectivity index (χ3v) is 27.1. The summed E-state index contributed by atoms with van der Waals surface area (Å²) in [5.74, 6) is 4.98. The van der Waals surface area contributed by atoms with E-state index in [0.29, 0.717) is 22.4 Å². The minimum absolute atomic E-state index is 0.620. The van der Waals surface area contributed by atoms with Gasteiger partial charge in [0.2, 0.25) is 0 Å². The number of nitriles is 3. The zero-order valence-electron chi connectivity index (χ0n) is 75.3. The van der Waals surface area contributed by atoms with Crippen molar-refractivity contribution in [2.24, 2.45) is 0 Å². The minimum atomic E-state index is 0.620. The molecule has 13 nitrogen and oxygen atoms in total. The minimum Gasteiger partial charge on any atom is -0.294 e. The number of benzene rings is 18. The molecule has 9 aromatic heterocycles. The van der Waals surface area contributed by atoms with Gasteiger partial charge in [-0.15, -0.1) is 0 Å². The van der Waals surface area contributed by atoms with Crippen LogP contribution in [0.15, 0.2) is 467 Å². The standard InChI is InChI=1S/C43H25N5.2C42H26N4/c1-45-37-17-6-2-13-32(37)30-12-10-11-29(24-30)31-25-42(47-38-18-7-3-14-33(38)34-15-4-8-19-39(34)47)46-43(26-31)48-40-20-9-5-16-35(40)36-23-28(27-44)21-22-41(36)48;43-27-28-11-9-12-29(23-28)30-13-10-14-31(24-30)32-25-41(45-37-19-5-1-15-33(37)34-16-2-6-20-38(34)45)44-42(26-32)46-39-21-7-3-17-35(39)36-18-4-8-22-40(36)46;43-27-28-20-22-29(23-21-28)30-10-9-11-31(24-30)32-25-41(45-37-16-5-1-12-33(37)34-13-2-6-17-38(34)45)44-42(26-32)46-39-18-7-3-14-35(39)36-15-4-8-19-40(36)46/h2-26H;2*1-26H. The van der Waals surface area contributed by atoms with Crippen molar-refractivity contribution in [1.82, 2.24) is 42.4 Å². The lowest BCUT2D eigenvalue weighted by atomic mass is 9.98. The molecule has 0 aliphatic rings. The monoisotopic (exact) mass is 1780 g/mol. The largest absolute Gasteiger partial charge is 0.294 e. The fourth-order valence-corrected chi connectivity index (χ4v) is 20.8. The molecule has 18 aromatic carbocycles. The van der Waals surface area contributed by atoms with Gasteiger partial charge in [0.25, 0.3) is 0 Å². The Morgan fingerprint density at radius 1 is 0.171 bits per heavy atom. The number of hydrogen-bond donors (Lipinski definition) is 0. The van der Waals surface area contributed by atoms with E-state index < -0.39 is 0 Å². The summed E-state index contributed by atoms with van der Waals surface area (Å²) in [6.45, 7) is 7.75. The first-order valence-electron chi connectivity index (χ1n) is 46.5. The second kappa shape index (κ2) is 34.3. The van der Waals surface area contributed by atoms with Gasteiger partial charge in [-0.25, -0.2) is 19.8 Å². The molecule has 0 saturated carbocycles. The van der Waals surface area contributed by atoms with Gasteiger partial charge in [-0.1, -0.05) is 303 Å². The molecule has 650 valence electrons. The van der Waals surface area contributed by atoms with E-state index in [1.165, 1.54) is 53.9 Å². The van der Waals surface area contributed by atoms with Gasteiger partial charge in [-0.2, -0.15) is 15.8 Å². The van der Waals surface area contributed by atoms with E-state index in [-0.39, 0.29) is 0 Å². The average molecular weight is 1790 g/mol. The third-order valence-electron chi connectivity index (χ3n) is 27.1. The molecule has 0 unspecified atom stereocenters. The van der Waals surface area contributed by atoms with Crippen LogP contribution in [0.5, 0.6) is 0 Å². The highest BCUT2D eigenvalue weighted by Gasteiger charge is 2.25. The van der Waals surface area contributed by atoms with Crippen molar-refractivity contribution in [1.29, 1.82) is 15.8 Å². The molecule has 140 heavy (non-hydrogen) atoms. The maximum Gasteiger partial charge on any atom is 0.194 e. The van der Waals surface area contributed by atoms with Gasteiger partial charge in [-0.05, 0) is 231 Å². The zero-order chi connectivity index (χ0) is 93.4. The number of fused-ring (bicyclic) bond motifs is 18. The van der Waals surface area contributed by atoms with E-state index in [2.05, 4.69) is 421 Å². The molecule has 0 amide bonds. The predicted octanol–water partition coefficient (Wildman–Crippen LogP) is 32.0. The average Bonchev–Trinajstić information content (AvgIpc) is 1.58. The van der Waals surface area contributed by atoms with Gasteiger partial charge in [0.1, 0.15) is 34.9 Å². The van der Waals surface area contributed by atoms with Gasteiger partial charge in [0, 0.05) is 64.6 Å². The van der Waals surface area contributed by atoms with Crippen molar-refractivity contribution in [3.63, 3.8) is 0 Å². The lowest BCUT2D eigenvalue weighted by molar-refractivity contribution is 1.01. The van der Waals surface area contributed by atoms with Gasteiger partial charge < -0.3 is 0 Å². The van der Waals surface area contributed by atoms with Crippen LogP contribution in [0.3, 0.4) is 0 Å². The van der Waals surface area contributed by atoms with Crippen LogP contribution in [0.4, 0.5) is 5.69 Å². The molecular weight excluding hydrogens is 1710 g/mol. The summed E-state index contributed by atoms with van der Waals surface area (Å²) in [6, 6.07) is 168. The summed E-state index contributed by atoms with van der Waals surface area (Å²) < 4.78 is 13.6. The maximum absolute atomic E-state index is 9.72. The molecular formula is C127H77N13. The van der Waals surface area contributed by atoms with Crippen LogP contribution in [-0.4, -0.2) is 42.4 Å². The number of aromatic nitrogens is 9. The maximum atomic E-state index is 9.72. The predicted molar refractivity (Wildman–Crippen MR) is 572 cm³/mol. The van der Waals surface area contributed by atoms with Crippen LogP contribution in [0, 0.1) is 40.6 Å². The quantitative estimate of drug-likeness (QED) is 0.111. The fraction of sp³-hybridized carbons (Fsp3) is 0. The highest BCUT2D eigenvalue weighted by molar-refractivity contribution is 6.15. The molecule has 0 spiro atoms. The number of nitrogens with zero attached hydrogens (tertiary/aromatic N) is 13. The van der Waals surface area contributed by atoms with E-state index in [1.54, 1.807) is 0 Å². The Morgan fingerprint density at radius 2 is 0.393 bits per heavy atom. The molecule has 0 atom stereocenters. The van der Waals surface area contributed by atoms with Crippen LogP contribution >= 0.6 is 0 Å². The van der Waals surface area contributed by atoms with E-state index in [9.17, 15) is 15.8 Å². The lowest BCUT2D eigenvalue weighted by Gasteiger charge is -2.15. The van der Waals surface area contributed by atoms with Crippen LogP contribution in [0.1, 0.15) is 16.7 Å². The fourth-order valence-electron chi connectivity index (χ4n) is 20.8. The number of para-hydroxylation sites is 12. The van der Waals surface area contributed by atoms with Crippen LogP contribution in [-0.2, 0) is 0 Å². The molecule has 9 heterocycles. The van der Waals surface area contributed by atoms with Crippen LogP contribution < -0.4 is 0 Å². The van der Waals surface area contributed by atoms with Gasteiger partial charge >= 0.3 is 0 Å². The molecule has 0 aliphatic heterocycles. The first kappa shape index (κ1) is 82.1. The number of hydrogen-bond acceptors (Lipinski definition) is 6. The zero-order valence-corrected chi connectivity index (χ0v) is 75.3. The molecule has 0 radical (unpaired) electrons.